The zero-order chi connectivity index (χ0) is 22.1. The summed E-state index contributed by atoms with van der Waals surface area (Å²) in [6.07, 6.45) is 14.9. The van der Waals surface area contributed by atoms with Gasteiger partial charge in [0.15, 0.2) is 0 Å². The first-order valence-corrected chi connectivity index (χ1v) is 14.6. The molecular weight excluding hydrogens is 412 g/mol. The van der Waals surface area contributed by atoms with Crippen LogP contribution in [0.25, 0.3) is 0 Å². The van der Waals surface area contributed by atoms with Crippen LogP contribution in [0.3, 0.4) is 0 Å². The standard InChI is InChI=1S/C24H42N2O4S/c1-17-16-30-22(24(17)14-5-3-4-6-15-24)23(27)26-21-9-7-8-20(25-21)18-10-12-19(13-11-18)31(2,28)29/h17-22,25H,3-16H2,1-2H3,(H,26,27). The molecule has 178 valence electrons. The molecule has 4 fully saturated rings. The van der Waals surface area contributed by atoms with Gasteiger partial charge in [-0.1, -0.05) is 32.6 Å². The molecule has 0 radical (unpaired) electrons. The molecule has 1 spiro atoms. The van der Waals surface area contributed by atoms with Crippen LogP contribution in [0.5, 0.6) is 0 Å². The lowest BCUT2D eigenvalue weighted by atomic mass is 9.68. The molecule has 0 aromatic heterocycles. The van der Waals surface area contributed by atoms with Gasteiger partial charge in [-0.2, -0.15) is 0 Å². The van der Waals surface area contributed by atoms with E-state index in [1.807, 2.05) is 0 Å². The smallest absolute Gasteiger partial charge is 0.250 e. The highest BCUT2D eigenvalue weighted by atomic mass is 32.2. The maximum Gasteiger partial charge on any atom is 0.250 e. The van der Waals surface area contributed by atoms with E-state index in [1.165, 1.54) is 31.9 Å². The van der Waals surface area contributed by atoms with Gasteiger partial charge in [0.25, 0.3) is 5.91 Å². The molecule has 2 saturated carbocycles. The summed E-state index contributed by atoms with van der Waals surface area (Å²) in [6, 6.07) is 0.370. The minimum absolute atomic E-state index is 0.00113. The van der Waals surface area contributed by atoms with E-state index in [-0.39, 0.29) is 28.8 Å². The number of amides is 1. The summed E-state index contributed by atoms with van der Waals surface area (Å²) < 4.78 is 29.8. The molecule has 6 nitrogen and oxygen atoms in total. The van der Waals surface area contributed by atoms with Crippen LogP contribution in [0.1, 0.15) is 90.4 Å². The summed E-state index contributed by atoms with van der Waals surface area (Å²) >= 11 is 0. The van der Waals surface area contributed by atoms with Gasteiger partial charge >= 0.3 is 0 Å². The molecule has 0 aromatic rings. The fourth-order valence-corrected chi connectivity index (χ4v) is 8.06. The molecule has 4 atom stereocenters. The van der Waals surface area contributed by atoms with Crippen molar-refractivity contribution >= 4 is 15.7 Å². The van der Waals surface area contributed by atoms with Crippen molar-refractivity contribution in [3.8, 4) is 0 Å². The van der Waals surface area contributed by atoms with Crippen LogP contribution < -0.4 is 10.6 Å². The maximum atomic E-state index is 13.3. The van der Waals surface area contributed by atoms with E-state index < -0.39 is 9.84 Å². The molecule has 7 heteroatoms. The van der Waals surface area contributed by atoms with Gasteiger partial charge in [-0.15, -0.1) is 0 Å². The van der Waals surface area contributed by atoms with Gasteiger partial charge in [-0.3, -0.25) is 10.1 Å². The number of nitrogens with one attached hydrogen (secondary N) is 2. The van der Waals surface area contributed by atoms with Crippen molar-refractivity contribution in [3.05, 3.63) is 0 Å². The number of carbonyl (C=O) groups is 1. The Kier molecular flexibility index (Phi) is 7.34. The third kappa shape index (κ3) is 5.14. The molecule has 31 heavy (non-hydrogen) atoms. The summed E-state index contributed by atoms with van der Waals surface area (Å²) in [6.45, 7) is 2.96. The highest BCUT2D eigenvalue weighted by Crippen LogP contribution is 2.49. The van der Waals surface area contributed by atoms with Crippen molar-refractivity contribution in [1.82, 2.24) is 10.6 Å². The Hall–Kier alpha value is -0.660. The number of sulfone groups is 1. The van der Waals surface area contributed by atoms with Gasteiger partial charge in [0, 0.05) is 17.7 Å². The van der Waals surface area contributed by atoms with Crippen molar-refractivity contribution in [2.24, 2.45) is 17.3 Å². The Balaban J connectivity index is 1.33. The predicted octanol–water partition coefficient (Wildman–Crippen LogP) is 3.55. The largest absolute Gasteiger partial charge is 0.367 e. The van der Waals surface area contributed by atoms with Gasteiger partial charge in [0.1, 0.15) is 15.9 Å². The van der Waals surface area contributed by atoms with Gasteiger partial charge in [0.05, 0.1) is 18.0 Å². The van der Waals surface area contributed by atoms with Crippen LogP contribution in [0.4, 0.5) is 0 Å². The van der Waals surface area contributed by atoms with Gasteiger partial charge in [-0.05, 0) is 69.6 Å². The Morgan fingerprint density at radius 1 is 0.968 bits per heavy atom. The Morgan fingerprint density at radius 3 is 2.29 bits per heavy atom. The SMILES string of the molecule is CC1COC(C(=O)NC2CCCC(C3CCC(S(C)(=O)=O)CC3)N2)C12CCCCCC2. The van der Waals surface area contributed by atoms with E-state index >= 15 is 0 Å². The lowest BCUT2D eigenvalue weighted by molar-refractivity contribution is -0.137. The second kappa shape index (κ2) is 9.68. The first kappa shape index (κ1) is 23.5. The Morgan fingerprint density at radius 2 is 1.65 bits per heavy atom. The summed E-state index contributed by atoms with van der Waals surface area (Å²) in [5, 5.41) is 6.85. The van der Waals surface area contributed by atoms with E-state index in [2.05, 4.69) is 17.6 Å². The summed E-state index contributed by atoms with van der Waals surface area (Å²) in [5.74, 6) is 1.03. The maximum absolute atomic E-state index is 13.3. The van der Waals surface area contributed by atoms with Crippen LogP contribution in [-0.4, -0.2) is 50.7 Å². The van der Waals surface area contributed by atoms with Crippen molar-refractivity contribution < 1.29 is 17.9 Å². The minimum Gasteiger partial charge on any atom is -0.367 e. The first-order valence-electron chi connectivity index (χ1n) is 12.7. The molecular formula is C24H42N2O4S. The zero-order valence-corrected chi connectivity index (χ0v) is 20.2. The lowest BCUT2D eigenvalue weighted by Gasteiger charge is -2.40. The van der Waals surface area contributed by atoms with E-state index in [9.17, 15) is 13.2 Å². The molecule has 2 N–H and O–H groups in total. The van der Waals surface area contributed by atoms with Crippen molar-refractivity contribution in [3.63, 3.8) is 0 Å². The summed E-state index contributed by atoms with van der Waals surface area (Å²) in [5.41, 5.74) is 0.0126. The number of hydrogen-bond acceptors (Lipinski definition) is 5. The topological polar surface area (TPSA) is 84.5 Å². The van der Waals surface area contributed by atoms with Crippen LogP contribution in [0, 0.1) is 17.3 Å². The molecule has 4 aliphatic rings. The number of carbonyl (C=O) groups excluding carboxylic acids is 1. The lowest BCUT2D eigenvalue weighted by Crippen LogP contribution is -2.58. The number of piperidine rings is 1. The van der Waals surface area contributed by atoms with Crippen molar-refractivity contribution in [2.75, 3.05) is 12.9 Å². The van der Waals surface area contributed by atoms with Crippen LogP contribution in [-0.2, 0) is 19.4 Å². The molecule has 4 rings (SSSR count). The Bertz CT molecular complexity index is 724. The molecule has 2 aliphatic heterocycles. The van der Waals surface area contributed by atoms with Crippen LogP contribution in [0.2, 0.25) is 0 Å². The van der Waals surface area contributed by atoms with Crippen LogP contribution in [0.15, 0.2) is 0 Å². The van der Waals surface area contributed by atoms with Crippen molar-refractivity contribution in [1.29, 1.82) is 0 Å². The monoisotopic (exact) mass is 454 g/mol. The number of ether oxygens (including phenoxy) is 1. The average Bonchev–Trinajstić information content (AvgIpc) is 2.90. The highest BCUT2D eigenvalue weighted by molar-refractivity contribution is 7.91. The van der Waals surface area contributed by atoms with Gasteiger partial charge < -0.3 is 10.1 Å². The zero-order valence-electron chi connectivity index (χ0n) is 19.4. The molecule has 2 heterocycles. The summed E-state index contributed by atoms with van der Waals surface area (Å²) in [7, 11) is -2.93. The first-order chi connectivity index (χ1) is 14.8. The second-order valence-electron chi connectivity index (χ2n) is 10.9. The summed E-state index contributed by atoms with van der Waals surface area (Å²) in [4.78, 5) is 13.3. The van der Waals surface area contributed by atoms with E-state index in [0.29, 0.717) is 24.5 Å². The fraction of sp³-hybridized carbons (Fsp3) is 0.958. The molecule has 0 bridgehead atoms. The third-order valence-electron chi connectivity index (χ3n) is 8.92. The molecule has 1 amide bonds. The second-order valence-corrected chi connectivity index (χ2v) is 13.2. The molecule has 4 unspecified atom stereocenters. The molecule has 2 saturated heterocycles. The van der Waals surface area contributed by atoms with Crippen molar-refractivity contribution in [2.45, 2.75) is 114 Å². The number of rotatable bonds is 4. The van der Waals surface area contributed by atoms with E-state index in [0.717, 1.165) is 57.8 Å². The molecule has 2 aliphatic carbocycles. The normalized spacial score (nSPS) is 39.2. The highest BCUT2D eigenvalue weighted by Gasteiger charge is 2.52. The van der Waals surface area contributed by atoms with Gasteiger partial charge in [0.2, 0.25) is 0 Å². The Labute approximate surface area is 188 Å². The predicted molar refractivity (Wildman–Crippen MR) is 122 cm³/mol. The van der Waals surface area contributed by atoms with Crippen LogP contribution >= 0.6 is 0 Å². The fourth-order valence-electron chi connectivity index (χ4n) is 6.93. The molecule has 0 aromatic carbocycles. The minimum atomic E-state index is -2.93. The third-order valence-corrected chi connectivity index (χ3v) is 10.6. The van der Waals surface area contributed by atoms with E-state index in [1.54, 1.807) is 0 Å². The van der Waals surface area contributed by atoms with Gasteiger partial charge in [-0.25, -0.2) is 8.42 Å². The average molecular weight is 455 g/mol. The van der Waals surface area contributed by atoms with E-state index in [4.69, 9.17) is 4.74 Å². The number of hydrogen-bond donors (Lipinski definition) is 2. The quantitative estimate of drug-likeness (QED) is 0.679.